The minimum atomic E-state index is -0.197. The Morgan fingerprint density at radius 1 is 1.24 bits per heavy atom. The molecule has 4 aliphatic rings. The SMILES string of the molecule is C[C@]12CC[C@H]3[C@@H](C[C@@H](Br)C4=CC(=O)CC[C@@]43CC#CF)[C@@H]1CCC2=O. The van der Waals surface area contributed by atoms with Crippen LogP contribution >= 0.6 is 15.9 Å². The molecule has 3 fully saturated rings. The van der Waals surface area contributed by atoms with Gasteiger partial charge in [0.15, 0.2) is 5.78 Å². The molecular weight excluding hydrogens is 383 g/mol. The predicted octanol–water partition coefficient (Wildman–Crippen LogP) is 4.76. The van der Waals surface area contributed by atoms with Gasteiger partial charge in [-0.1, -0.05) is 28.8 Å². The van der Waals surface area contributed by atoms with Crippen LogP contribution in [0.2, 0.25) is 0 Å². The van der Waals surface area contributed by atoms with Crippen molar-refractivity contribution in [2.24, 2.45) is 28.6 Å². The molecule has 0 bridgehead atoms. The second kappa shape index (κ2) is 6.05. The molecule has 6 atom stereocenters. The van der Waals surface area contributed by atoms with Crippen molar-refractivity contribution in [3.8, 4) is 12.1 Å². The van der Waals surface area contributed by atoms with E-state index in [2.05, 4.69) is 28.8 Å². The minimum absolute atomic E-state index is 0.137. The van der Waals surface area contributed by atoms with Crippen molar-refractivity contribution < 1.29 is 14.0 Å². The van der Waals surface area contributed by atoms with Crippen LogP contribution in [0.3, 0.4) is 0 Å². The lowest BCUT2D eigenvalue weighted by molar-refractivity contribution is -0.132. The molecule has 4 heteroatoms. The van der Waals surface area contributed by atoms with E-state index in [9.17, 15) is 14.0 Å². The lowest BCUT2D eigenvalue weighted by atomic mass is 9.46. The summed E-state index contributed by atoms with van der Waals surface area (Å²) in [4.78, 5) is 24.7. The van der Waals surface area contributed by atoms with E-state index in [0.29, 0.717) is 42.8 Å². The van der Waals surface area contributed by atoms with Gasteiger partial charge in [0, 0.05) is 34.9 Å². The third-order valence-electron chi connectivity index (χ3n) is 7.85. The number of hydrogen-bond donors (Lipinski definition) is 0. The van der Waals surface area contributed by atoms with Gasteiger partial charge < -0.3 is 0 Å². The van der Waals surface area contributed by atoms with Gasteiger partial charge in [-0.25, -0.2) is 0 Å². The summed E-state index contributed by atoms with van der Waals surface area (Å²) in [5.41, 5.74) is 0.768. The Hall–Kier alpha value is -0.950. The first-order valence-electron chi connectivity index (χ1n) is 9.43. The molecule has 0 saturated heterocycles. The Kier molecular flexibility index (Phi) is 4.22. The Bertz CT molecular complexity index is 717. The van der Waals surface area contributed by atoms with Gasteiger partial charge in [0.25, 0.3) is 0 Å². The van der Waals surface area contributed by atoms with Gasteiger partial charge >= 0.3 is 0 Å². The van der Waals surface area contributed by atoms with E-state index < -0.39 is 0 Å². The number of carbonyl (C=O) groups excluding carboxylic acids is 2. The van der Waals surface area contributed by atoms with E-state index >= 15 is 0 Å². The molecule has 0 amide bonds. The van der Waals surface area contributed by atoms with Gasteiger partial charge in [0.1, 0.15) is 12.0 Å². The number of rotatable bonds is 1. The van der Waals surface area contributed by atoms with Crippen LogP contribution in [0.1, 0.15) is 58.3 Å². The van der Waals surface area contributed by atoms with Gasteiger partial charge in [-0.15, -0.1) is 4.39 Å². The Balaban J connectivity index is 1.78. The molecule has 2 nitrogen and oxygen atoms in total. The van der Waals surface area contributed by atoms with Gasteiger partial charge in [-0.3, -0.25) is 9.59 Å². The molecule has 0 aliphatic heterocycles. The number of hydrogen-bond acceptors (Lipinski definition) is 2. The molecule has 25 heavy (non-hydrogen) atoms. The molecule has 0 radical (unpaired) electrons. The summed E-state index contributed by atoms with van der Waals surface area (Å²) in [5, 5.41) is 0. The van der Waals surface area contributed by atoms with Crippen molar-refractivity contribution in [2.75, 3.05) is 0 Å². The third-order valence-corrected chi connectivity index (χ3v) is 8.72. The average molecular weight is 407 g/mol. The number of fused-ring (bicyclic) bond motifs is 5. The Morgan fingerprint density at radius 3 is 2.80 bits per heavy atom. The zero-order valence-corrected chi connectivity index (χ0v) is 16.2. The van der Waals surface area contributed by atoms with E-state index in [-0.39, 0.29) is 21.4 Å². The normalized spacial score (nSPS) is 45.6. The zero-order chi connectivity index (χ0) is 17.8. The summed E-state index contributed by atoms with van der Waals surface area (Å²) in [7, 11) is 0. The fourth-order valence-electron chi connectivity index (χ4n) is 6.63. The van der Waals surface area contributed by atoms with Crippen molar-refractivity contribution >= 4 is 27.5 Å². The number of carbonyl (C=O) groups is 2. The van der Waals surface area contributed by atoms with E-state index in [1.807, 2.05) is 6.08 Å². The first kappa shape index (κ1) is 17.5. The monoisotopic (exact) mass is 406 g/mol. The highest BCUT2D eigenvalue weighted by molar-refractivity contribution is 9.09. The fourth-order valence-corrected chi connectivity index (χ4v) is 7.65. The molecule has 4 aliphatic carbocycles. The van der Waals surface area contributed by atoms with Gasteiger partial charge in [-0.05, 0) is 61.5 Å². The molecule has 0 aromatic rings. The smallest absolute Gasteiger partial charge is 0.155 e. The first-order valence-corrected chi connectivity index (χ1v) is 10.3. The molecule has 0 unspecified atom stereocenters. The molecule has 0 heterocycles. The van der Waals surface area contributed by atoms with Crippen LogP contribution in [-0.2, 0) is 9.59 Å². The summed E-state index contributed by atoms with van der Waals surface area (Å²) in [5.74, 6) is 4.60. The first-order chi connectivity index (χ1) is 11.9. The van der Waals surface area contributed by atoms with Crippen molar-refractivity contribution in [1.82, 2.24) is 0 Å². The number of halogens is 2. The van der Waals surface area contributed by atoms with Crippen molar-refractivity contribution in [1.29, 1.82) is 0 Å². The third kappa shape index (κ3) is 2.41. The highest BCUT2D eigenvalue weighted by Gasteiger charge is 2.61. The minimum Gasteiger partial charge on any atom is -0.299 e. The highest BCUT2D eigenvalue weighted by atomic mass is 79.9. The second-order valence-electron chi connectivity index (χ2n) is 8.67. The maximum atomic E-state index is 12.7. The molecule has 0 aromatic heterocycles. The zero-order valence-electron chi connectivity index (χ0n) is 14.6. The van der Waals surface area contributed by atoms with Crippen LogP contribution in [0, 0.1) is 40.7 Å². The second-order valence-corrected chi connectivity index (χ2v) is 9.77. The van der Waals surface area contributed by atoms with E-state index in [4.69, 9.17) is 0 Å². The van der Waals surface area contributed by atoms with Crippen LogP contribution in [0.15, 0.2) is 11.6 Å². The lowest BCUT2D eigenvalue weighted by Gasteiger charge is -2.58. The maximum Gasteiger partial charge on any atom is 0.155 e. The van der Waals surface area contributed by atoms with Gasteiger partial charge in [0.2, 0.25) is 0 Å². The summed E-state index contributed by atoms with van der Waals surface area (Å²) in [6, 6.07) is 0. The molecule has 3 saturated carbocycles. The number of ketones is 2. The van der Waals surface area contributed by atoms with Crippen molar-refractivity contribution in [3.63, 3.8) is 0 Å². The van der Waals surface area contributed by atoms with Gasteiger partial charge in [-0.2, -0.15) is 0 Å². The molecule has 0 N–H and O–H groups in total. The topological polar surface area (TPSA) is 34.1 Å². The van der Waals surface area contributed by atoms with Crippen LogP contribution in [0.25, 0.3) is 0 Å². The lowest BCUT2D eigenvalue weighted by Crippen LogP contribution is -2.54. The number of alkyl halides is 1. The van der Waals surface area contributed by atoms with Crippen LogP contribution in [0.5, 0.6) is 0 Å². The number of allylic oxidation sites excluding steroid dienone is 1. The number of Topliss-reactive ketones (excluding diaryl/α,β-unsaturated/α-hetero) is 1. The van der Waals surface area contributed by atoms with E-state index in [0.717, 1.165) is 37.7 Å². The van der Waals surface area contributed by atoms with E-state index in [1.165, 1.54) is 0 Å². The quantitative estimate of drug-likeness (QED) is 0.464. The fraction of sp³-hybridized carbons (Fsp3) is 0.714. The summed E-state index contributed by atoms with van der Waals surface area (Å²) >= 11 is 3.83. The van der Waals surface area contributed by atoms with Crippen LogP contribution < -0.4 is 0 Å². The molecule has 134 valence electrons. The molecule has 0 aromatic carbocycles. The predicted molar refractivity (Wildman–Crippen MR) is 97.6 cm³/mol. The molecular formula is C21H24BrFO2. The van der Waals surface area contributed by atoms with E-state index in [1.54, 1.807) is 6.17 Å². The van der Waals surface area contributed by atoms with Crippen molar-refractivity contribution in [3.05, 3.63) is 11.6 Å². The standard InChI is InChI=1S/C21H24BrFO2/c1-20-8-6-16-14(15(20)3-4-19(20)25)12-18(22)17-11-13(24)5-9-21(16,17)7-2-10-23/h11,14-16,18H,3-9,12H2,1H3/t14-,15-,16-,18+,20-,21+/m0/s1. The van der Waals surface area contributed by atoms with Crippen LogP contribution in [-0.4, -0.2) is 16.4 Å². The molecule has 0 spiro atoms. The van der Waals surface area contributed by atoms with Crippen molar-refractivity contribution in [2.45, 2.75) is 63.1 Å². The summed E-state index contributed by atoms with van der Waals surface area (Å²) in [6.07, 6.45) is 9.77. The Morgan fingerprint density at radius 2 is 2.04 bits per heavy atom. The summed E-state index contributed by atoms with van der Waals surface area (Å²) in [6.45, 7) is 2.16. The van der Waals surface area contributed by atoms with Gasteiger partial charge in [0.05, 0.1) is 0 Å². The maximum absolute atomic E-state index is 12.7. The largest absolute Gasteiger partial charge is 0.299 e. The highest BCUT2D eigenvalue weighted by Crippen LogP contribution is 2.66. The Labute approximate surface area is 157 Å². The summed E-state index contributed by atoms with van der Waals surface area (Å²) < 4.78 is 12.7. The average Bonchev–Trinajstić information content (AvgIpc) is 2.90. The van der Waals surface area contributed by atoms with Crippen LogP contribution in [0.4, 0.5) is 4.39 Å². The molecule has 4 rings (SSSR count).